The van der Waals surface area contributed by atoms with Crippen molar-refractivity contribution in [2.75, 3.05) is 19.3 Å². The van der Waals surface area contributed by atoms with Crippen molar-refractivity contribution in [2.45, 2.75) is 63.2 Å². The average Bonchev–Trinajstić information content (AvgIpc) is 2.53. The van der Waals surface area contributed by atoms with Gasteiger partial charge in [0.15, 0.2) is 0 Å². The van der Waals surface area contributed by atoms with Crippen LogP contribution in [-0.4, -0.2) is 51.9 Å². The minimum Gasteiger partial charge on any atom is -0.444 e. The molecule has 1 aromatic rings. The Morgan fingerprint density at radius 1 is 1.38 bits per heavy atom. The molecule has 1 aliphatic rings. The Morgan fingerprint density at radius 2 is 2.12 bits per heavy atom. The number of rotatable bonds is 5. The van der Waals surface area contributed by atoms with E-state index in [-0.39, 0.29) is 6.09 Å². The zero-order valence-corrected chi connectivity index (χ0v) is 15.9. The van der Waals surface area contributed by atoms with E-state index in [1.807, 2.05) is 27.0 Å². The van der Waals surface area contributed by atoms with Gasteiger partial charge in [0.05, 0.1) is 5.69 Å². The van der Waals surface area contributed by atoms with Gasteiger partial charge in [0.25, 0.3) is 0 Å². The average molecular weight is 353 g/mol. The standard InChI is InChI=1S/C17H28N4O2S/c1-17(2,3)23-16(22)20-11-13-7-5-6-10-21(13)12-14-15(24-4)19-9-8-18-14/h8-9,13H,5-7,10-12H2,1-4H3,(H,20,22)/t13-/m1/s1. The van der Waals surface area contributed by atoms with E-state index in [2.05, 4.69) is 20.2 Å². The maximum Gasteiger partial charge on any atom is 0.407 e. The van der Waals surface area contributed by atoms with Crippen molar-refractivity contribution in [3.63, 3.8) is 0 Å². The minimum absolute atomic E-state index is 0.308. The molecule has 6 nitrogen and oxygen atoms in total. The smallest absolute Gasteiger partial charge is 0.407 e. The summed E-state index contributed by atoms with van der Waals surface area (Å²) < 4.78 is 5.32. The summed E-state index contributed by atoms with van der Waals surface area (Å²) in [6, 6.07) is 0.308. The molecule has 0 radical (unpaired) electrons. The van der Waals surface area contributed by atoms with Gasteiger partial charge in [-0.05, 0) is 46.4 Å². The monoisotopic (exact) mass is 352 g/mol. The molecule has 1 N–H and O–H groups in total. The minimum atomic E-state index is -0.469. The number of nitrogens with zero attached hydrogens (tertiary/aromatic N) is 3. The van der Waals surface area contributed by atoms with Crippen LogP contribution >= 0.6 is 11.8 Å². The van der Waals surface area contributed by atoms with Crippen molar-refractivity contribution in [1.82, 2.24) is 20.2 Å². The van der Waals surface area contributed by atoms with Crippen LogP contribution in [0.2, 0.25) is 0 Å². The lowest BCUT2D eigenvalue weighted by atomic mass is 10.0. The fraction of sp³-hybridized carbons (Fsp3) is 0.706. The first-order valence-electron chi connectivity index (χ1n) is 8.44. The van der Waals surface area contributed by atoms with E-state index in [0.29, 0.717) is 12.6 Å². The quantitative estimate of drug-likeness (QED) is 0.822. The number of thioether (sulfide) groups is 1. The lowest BCUT2D eigenvalue weighted by molar-refractivity contribution is 0.0491. The molecule has 2 heterocycles. The molecule has 0 bridgehead atoms. The van der Waals surface area contributed by atoms with Gasteiger partial charge in [-0.15, -0.1) is 11.8 Å². The normalized spacial score (nSPS) is 19.1. The first-order chi connectivity index (χ1) is 11.4. The Kier molecular flexibility index (Phi) is 6.86. The lowest BCUT2D eigenvalue weighted by Gasteiger charge is -2.35. The molecule has 1 aliphatic heterocycles. The zero-order chi connectivity index (χ0) is 17.6. The summed E-state index contributed by atoms with van der Waals surface area (Å²) in [5, 5.41) is 3.88. The molecule has 24 heavy (non-hydrogen) atoms. The molecule has 0 aromatic carbocycles. The van der Waals surface area contributed by atoms with Crippen LogP contribution in [0.5, 0.6) is 0 Å². The SMILES string of the molecule is CSc1nccnc1CN1CCCC[C@@H]1CNC(=O)OC(C)(C)C. The summed E-state index contributed by atoms with van der Waals surface area (Å²) in [6.45, 7) is 8.01. The van der Waals surface area contributed by atoms with Gasteiger partial charge in [-0.2, -0.15) is 0 Å². The van der Waals surface area contributed by atoms with Crippen LogP contribution in [0, 0.1) is 0 Å². The van der Waals surface area contributed by atoms with Crippen LogP contribution < -0.4 is 5.32 Å². The Bertz CT molecular complexity index is 548. The van der Waals surface area contributed by atoms with E-state index in [4.69, 9.17) is 4.74 Å². The number of alkyl carbamates (subject to hydrolysis) is 1. The third-order valence-electron chi connectivity index (χ3n) is 3.91. The van der Waals surface area contributed by atoms with Crippen LogP contribution in [0.3, 0.4) is 0 Å². The third kappa shape index (κ3) is 5.94. The van der Waals surface area contributed by atoms with Crippen molar-refractivity contribution >= 4 is 17.9 Å². The molecule has 134 valence electrons. The summed E-state index contributed by atoms with van der Waals surface area (Å²) in [5.41, 5.74) is 0.539. The molecule has 1 fully saturated rings. The number of aromatic nitrogens is 2. The number of carbonyl (C=O) groups is 1. The molecule has 0 aliphatic carbocycles. The highest BCUT2D eigenvalue weighted by Crippen LogP contribution is 2.22. The van der Waals surface area contributed by atoms with E-state index in [1.165, 1.54) is 12.8 Å². The second-order valence-corrected chi connectivity index (χ2v) is 7.81. The molecular formula is C17H28N4O2S. The van der Waals surface area contributed by atoms with Crippen molar-refractivity contribution in [2.24, 2.45) is 0 Å². The first kappa shape index (κ1) is 19.0. The molecule has 1 saturated heterocycles. The second-order valence-electron chi connectivity index (χ2n) is 7.02. The number of hydrogen-bond acceptors (Lipinski definition) is 6. The fourth-order valence-electron chi connectivity index (χ4n) is 2.84. The number of carbonyl (C=O) groups excluding carboxylic acids is 1. The number of nitrogens with one attached hydrogen (secondary N) is 1. The molecule has 0 spiro atoms. The number of amides is 1. The summed E-state index contributed by atoms with van der Waals surface area (Å²) in [6.07, 6.45) is 8.58. The van der Waals surface area contributed by atoms with Crippen molar-refractivity contribution in [3.8, 4) is 0 Å². The predicted molar refractivity (Wildman–Crippen MR) is 96.1 cm³/mol. The largest absolute Gasteiger partial charge is 0.444 e. The van der Waals surface area contributed by atoms with Crippen LogP contribution in [0.1, 0.15) is 45.7 Å². The molecule has 1 amide bonds. The topological polar surface area (TPSA) is 67.4 Å². The maximum atomic E-state index is 11.9. The van der Waals surface area contributed by atoms with Gasteiger partial charge in [-0.1, -0.05) is 6.42 Å². The molecule has 2 rings (SSSR count). The van der Waals surface area contributed by atoms with Gasteiger partial charge in [0.1, 0.15) is 10.6 Å². The zero-order valence-electron chi connectivity index (χ0n) is 15.0. The Morgan fingerprint density at radius 3 is 2.83 bits per heavy atom. The maximum absolute atomic E-state index is 11.9. The van der Waals surface area contributed by atoms with Gasteiger partial charge in [0, 0.05) is 31.5 Å². The molecule has 1 aromatic heterocycles. The predicted octanol–water partition coefficient (Wildman–Crippen LogP) is 3.08. The van der Waals surface area contributed by atoms with Gasteiger partial charge in [0.2, 0.25) is 0 Å². The highest BCUT2D eigenvalue weighted by molar-refractivity contribution is 7.98. The van der Waals surface area contributed by atoms with Gasteiger partial charge in [-0.3, -0.25) is 9.88 Å². The molecule has 7 heteroatoms. The number of piperidine rings is 1. The highest BCUT2D eigenvalue weighted by Gasteiger charge is 2.25. The van der Waals surface area contributed by atoms with Crippen molar-refractivity contribution < 1.29 is 9.53 Å². The van der Waals surface area contributed by atoms with Crippen LogP contribution in [0.4, 0.5) is 4.79 Å². The van der Waals surface area contributed by atoms with Crippen molar-refractivity contribution in [3.05, 3.63) is 18.1 Å². The number of hydrogen-bond donors (Lipinski definition) is 1. The van der Waals surface area contributed by atoms with E-state index in [9.17, 15) is 4.79 Å². The Hall–Kier alpha value is -1.34. The molecule has 1 atom stereocenters. The highest BCUT2D eigenvalue weighted by atomic mass is 32.2. The fourth-order valence-corrected chi connectivity index (χ4v) is 3.36. The van der Waals surface area contributed by atoms with Crippen molar-refractivity contribution in [1.29, 1.82) is 0 Å². The summed E-state index contributed by atoms with van der Waals surface area (Å²) in [5.74, 6) is 0. The summed E-state index contributed by atoms with van der Waals surface area (Å²) in [4.78, 5) is 23.2. The van der Waals surface area contributed by atoms with E-state index in [1.54, 1.807) is 24.2 Å². The third-order valence-corrected chi connectivity index (χ3v) is 4.64. The van der Waals surface area contributed by atoms with Crippen LogP contribution in [0.25, 0.3) is 0 Å². The van der Waals surface area contributed by atoms with E-state index < -0.39 is 5.60 Å². The van der Waals surface area contributed by atoms with Gasteiger partial charge >= 0.3 is 6.09 Å². The van der Waals surface area contributed by atoms with Gasteiger partial charge in [-0.25, -0.2) is 9.78 Å². The lowest BCUT2D eigenvalue weighted by Crippen LogP contribution is -2.47. The number of likely N-dealkylation sites (tertiary alicyclic amines) is 1. The van der Waals surface area contributed by atoms with Gasteiger partial charge < -0.3 is 10.1 Å². The molecule has 0 saturated carbocycles. The first-order valence-corrected chi connectivity index (χ1v) is 9.66. The summed E-state index contributed by atoms with van der Waals surface area (Å²) in [7, 11) is 0. The second kappa shape index (κ2) is 8.67. The Labute approximate surface area is 148 Å². The van der Waals surface area contributed by atoms with Crippen LogP contribution in [0.15, 0.2) is 17.4 Å². The Balaban J connectivity index is 1.94. The summed E-state index contributed by atoms with van der Waals surface area (Å²) >= 11 is 1.62. The van der Waals surface area contributed by atoms with E-state index in [0.717, 1.165) is 30.2 Å². The van der Waals surface area contributed by atoms with Crippen LogP contribution in [-0.2, 0) is 11.3 Å². The number of ether oxygens (including phenoxy) is 1. The van der Waals surface area contributed by atoms with E-state index >= 15 is 0 Å². The molecular weight excluding hydrogens is 324 g/mol. The molecule has 0 unspecified atom stereocenters.